The number of pyridine rings is 1. The molecule has 0 saturated carbocycles. The van der Waals surface area contributed by atoms with Crippen LogP contribution in [0.1, 0.15) is 16.6 Å². The molecule has 20 heavy (non-hydrogen) atoms. The molecule has 1 atom stereocenters. The number of rotatable bonds is 4. The molecule has 0 aliphatic heterocycles. The van der Waals surface area contributed by atoms with Crippen molar-refractivity contribution in [3.05, 3.63) is 70.8 Å². The fourth-order valence-corrected chi connectivity index (χ4v) is 2.92. The summed E-state index contributed by atoms with van der Waals surface area (Å²) in [7, 11) is 0. The molecule has 3 rings (SSSR count). The van der Waals surface area contributed by atoms with Gasteiger partial charge in [0.1, 0.15) is 0 Å². The highest BCUT2D eigenvalue weighted by Crippen LogP contribution is 2.24. The maximum atomic E-state index is 6.23. The lowest BCUT2D eigenvalue weighted by atomic mass is 10.1. The van der Waals surface area contributed by atoms with Crippen LogP contribution in [0.3, 0.4) is 0 Å². The quantitative estimate of drug-likeness (QED) is 0.797. The molecule has 0 saturated heterocycles. The monoisotopic (exact) mass is 281 g/mol. The summed E-state index contributed by atoms with van der Waals surface area (Å²) >= 11 is 1.65. The second kappa shape index (κ2) is 5.94. The molecule has 2 N–H and O–H groups in total. The highest BCUT2D eigenvalue weighted by Gasteiger charge is 2.10. The minimum absolute atomic E-state index is 0.0101. The van der Waals surface area contributed by atoms with Crippen molar-refractivity contribution in [2.75, 3.05) is 0 Å². The third kappa shape index (κ3) is 2.92. The topological polar surface area (TPSA) is 51.8 Å². The molecule has 3 nitrogen and oxygen atoms in total. The summed E-state index contributed by atoms with van der Waals surface area (Å²) in [5.41, 5.74) is 9.39. The van der Waals surface area contributed by atoms with Gasteiger partial charge in [0, 0.05) is 35.8 Å². The van der Waals surface area contributed by atoms with E-state index in [0.717, 1.165) is 28.2 Å². The molecular formula is C16H15N3S. The number of aromatic nitrogens is 2. The van der Waals surface area contributed by atoms with Crippen molar-refractivity contribution in [3.63, 3.8) is 0 Å². The van der Waals surface area contributed by atoms with Crippen LogP contribution in [0.4, 0.5) is 0 Å². The van der Waals surface area contributed by atoms with Gasteiger partial charge in [0.25, 0.3) is 0 Å². The summed E-state index contributed by atoms with van der Waals surface area (Å²) in [5.74, 6) is 0. The molecular weight excluding hydrogens is 266 g/mol. The molecule has 0 amide bonds. The summed E-state index contributed by atoms with van der Waals surface area (Å²) in [5, 5.41) is 3.12. The summed E-state index contributed by atoms with van der Waals surface area (Å²) in [6.45, 7) is 0. The van der Waals surface area contributed by atoms with Crippen LogP contribution in [0.15, 0.2) is 60.2 Å². The van der Waals surface area contributed by atoms with Gasteiger partial charge in [0.15, 0.2) is 0 Å². The Kier molecular flexibility index (Phi) is 3.85. The van der Waals surface area contributed by atoms with Gasteiger partial charge in [-0.05, 0) is 17.7 Å². The van der Waals surface area contributed by atoms with Crippen molar-refractivity contribution in [3.8, 4) is 11.3 Å². The molecule has 0 aliphatic rings. The average molecular weight is 281 g/mol. The van der Waals surface area contributed by atoms with Crippen molar-refractivity contribution < 1.29 is 0 Å². The fourth-order valence-electron chi connectivity index (χ4n) is 2.06. The molecule has 100 valence electrons. The third-order valence-electron chi connectivity index (χ3n) is 3.13. The van der Waals surface area contributed by atoms with Gasteiger partial charge in [0.2, 0.25) is 0 Å². The van der Waals surface area contributed by atoms with Crippen LogP contribution in [0.5, 0.6) is 0 Å². The highest BCUT2D eigenvalue weighted by molar-refractivity contribution is 7.09. The first-order valence-electron chi connectivity index (χ1n) is 6.48. The van der Waals surface area contributed by atoms with E-state index in [2.05, 4.69) is 27.5 Å². The van der Waals surface area contributed by atoms with Crippen molar-refractivity contribution in [2.45, 2.75) is 12.5 Å². The number of hydrogen-bond acceptors (Lipinski definition) is 4. The molecule has 0 aliphatic carbocycles. The molecule has 0 fully saturated rings. The van der Waals surface area contributed by atoms with E-state index in [1.807, 2.05) is 36.5 Å². The Bertz CT molecular complexity index is 664. The van der Waals surface area contributed by atoms with Gasteiger partial charge in [-0.1, -0.05) is 30.3 Å². The van der Waals surface area contributed by atoms with Crippen molar-refractivity contribution in [1.29, 1.82) is 0 Å². The molecule has 4 heteroatoms. The molecule has 3 aromatic rings. The normalized spacial score (nSPS) is 12.2. The van der Waals surface area contributed by atoms with Gasteiger partial charge in [-0.3, -0.25) is 4.98 Å². The first-order valence-corrected chi connectivity index (χ1v) is 7.36. The molecule has 1 unspecified atom stereocenters. The zero-order chi connectivity index (χ0) is 13.8. The maximum absolute atomic E-state index is 6.23. The Hall–Kier alpha value is -2.04. The van der Waals surface area contributed by atoms with E-state index >= 15 is 0 Å². The van der Waals surface area contributed by atoms with E-state index in [0.29, 0.717) is 0 Å². The summed E-state index contributed by atoms with van der Waals surface area (Å²) in [6, 6.07) is 14.1. The van der Waals surface area contributed by atoms with E-state index < -0.39 is 0 Å². The standard InChI is InChI=1S/C16H15N3S/c17-14(12-5-2-1-3-6-12)9-16-19-15(11-20-16)13-7-4-8-18-10-13/h1-8,10-11,14H,9,17H2. The first-order chi connectivity index (χ1) is 9.83. The zero-order valence-electron chi connectivity index (χ0n) is 10.9. The predicted molar refractivity (Wildman–Crippen MR) is 82.4 cm³/mol. The van der Waals surface area contributed by atoms with Crippen LogP contribution in [-0.2, 0) is 6.42 Å². The molecule has 0 radical (unpaired) electrons. The van der Waals surface area contributed by atoms with Crippen LogP contribution in [-0.4, -0.2) is 9.97 Å². The summed E-state index contributed by atoms with van der Waals surface area (Å²) in [4.78, 5) is 8.76. The second-order valence-electron chi connectivity index (χ2n) is 4.59. The third-order valence-corrected chi connectivity index (χ3v) is 4.00. The second-order valence-corrected chi connectivity index (χ2v) is 5.53. The van der Waals surface area contributed by atoms with Gasteiger partial charge in [0.05, 0.1) is 10.7 Å². The largest absolute Gasteiger partial charge is 0.324 e. The Labute approximate surface area is 122 Å². The van der Waals surface area contributed by atoms with E-state index in [1.165, 1.54) is 0 Å². The van der Waals surface area contributed by atoms with Crippen molar-refractivity contribution >= 4 is 11.3 Å². The molecule has 2 aromatic heterocycles. The Morgan fingerprint density at radius 2 is 1.95 bits per heavy atom. The van der Waals surface area contributed by atoms with E-state index in [-0.39, 0.29) is 6.04 Å². The molecule has 0 spiro atoms. The lowest BCUT2D eigenvalue weighted by Gasteiger charge is -2.09. The van der Waals surface area contributed by atoms with Crippen molar-refractivity contribution in [2.24, 2.45) is 5.73 Å². The number of thiazole rings is 1. The van der Waals surface area contributed by atoms with Gasteiger partial charge in [-0.25, -0.2) is 4.98 Å². The average Bonchev–Trinajstić information content (AvgIpc) is 2.97. The zero-order valence-corrected chi connectivity index (χ0v) is 11.8. The lowest BCUT2D eigenvalue weighted by molar-refractivity contribution is 0.718. The van der Waals surface area contributed by atoms with Crippen LogP contribution < -0.4 is 5.73 Å². The SMILES string of the molecule is NC(Cc1nc(-c2cccnc2)cs1)c1ccccc1. The van der Waals surface area contributed by atoms with Gasteiger partial charge in [-0.15, -0.1) is 11.3 Å². The smallest absolute Gasteiger partial charge is 0.0951 e. The number of nitrogens with two attached hydrogens (primary N) is 1. The summed E-state index contributed by atoms with van der Waals surface area (Å²) in [6.07, 6.45) is 4.35. The number of hydrogen-bond donors (Lipinski definition) is 1. The Morgan fingerprint density at radius 1 is 1.10 bits per heavy atom. The maximum Gasteiger partial charge on any atom is 0.0951 e. The van der Waals surface area contributed by atoms with Crippen LogP contribution >= 0.6 is 11.3 Å². The van der Waals surface area contributed by atoms with E-state index in [9.17, 15) is 0 Å². The van der Waals surface area contributed by atoms with Crippen molar-refractivity contribution in [1.82, 2.24) is 9.97 Å². The minimum Gasteiger partial charge on any atom is -0.324 e. The van der Waals surface area contributed by atoms with Crippen LogP contribution in [0, 0.1) is 0 Å². The highest BCUT2D eigenvalue weighted by atomic mass is 32.1. The Balaban J connectivity index is 1.75. The molecule has 0 bridgehead atoms. The lowest BCUT2D eigenvalue weighted by Crippen LogP contribution is -2.12. The number of nitrogens with zero attached hydrogens (tertiary/aromatic N) is 2. The van der Waals surface area contributed by atoms with Gasteiger partial charge in [-0.2, -0.15) is 0 Å². The minimum atomic E-state index is -0.0101. The molecule has 1 aromatic carbocycles. The van der Waals surface area contributed by atoms with E-state index in [1.54, 1.807) is 17.5 Å². The first kappa shape index (κ1) is 13.0. The summed E-state index contributed by atoms with van der Waals surface area (Å²) < 4.78 is 0. The van der Waals surface area contributed by atoms with Gasteiger partial charge >= 0.3 is 0 Å². The predicted octanol–water partition coefficient (Wildman–Crippen LogP) is 3.45. The Morgan fingerprint density at radius 3 is 2.70 bits per heavy atom. The van der Waals surface area contributed by atoms with Gasteiger partial charge < -0.3 is 5.73 Å². The molecule has 2 heterocycles. The van der Waals surface area contributed by atoms with Crippen LogP contribution in [0.2, 0.25) is 0 Å². The van der Waals surface area contributed by atoms with Crippen LogP contribution in [0.25, 0.3) is 11.3 Å². The van der Waals surface area contributed by atoms with E-state index in [4.69, 9.17) is 5.73 Å². The number of benzene rings is 1. The fraction of sp³-hybridized carbons (Fsp3) is 0.125.